The van der Waals surface area contributed by atoms with E-state index >= 15 is 0 Å². The molecule has 0 unspecified atom stereocenters. The van der Waals surface area contributed by atoms with E-state index in [2.05, 4.69) is 127 Å². The van der Waals surface area contributed by atoms with Gasteiger partial charge in [0.2, 0.25) is 0 Å². The van der Waals surface area contributed by atoms with Gasteiger partial charge in [0.1, 0.15) is 0 Å². The topological polar surface area (TPSA) is 25.8 Å². The average Bonchev–Trinajstić information content (AvgIpc) is 3.40. The Kier molecular flexibility index (Phi) is 5.33. The number of hydrogen-bond acceptors (Lipinski definition) is 2. The molecule has 182 valence electrons. The molecule has 0 amide bonds. The second kappa shape index (κ2) is 9.17. The monoisotopic (exact) mass is 612 g/mol. The molecule has 39 heavy (non-hydrogen) atoms. The molecular formula is C36H22N2Te. The molecule has 8 aromatic rings. The standard InChI is InChI=1S/C36H22N2Te/c1-2-10-25(11-3-1)33-34(38-35-27-12-5-4-9-23(27)21-22-31(35)37-33)26-19-17-24(18-20-26)28-14-8-15-30-29-13-6-7-16-32(29)39-36(28)30/h1-22H. The summed E-state index contributed by atoms with van der Waals surface area (Å²) in [6, 6.07) is 47.6. The molecule has 3 heteroatoms. The van der Waals surface area contributed by atoms with Crippen LogP contribution in [0.4, 0.5) is 0 Å². The van der Waals surface area contributed by atoms with Crippen LogP contribution < -0.4 is 0 Å². The van der Waals surface area contributed by atoms with Crippen molar-refractivity contribution in [3.63, 3.8) is 0 Å². The van der Waals surface area contributed by atoms with Crippen LogP contribution in [0.25, 0.3) is 73.0 Å². The van der Waals surface area contributed by atoms with Gasteiger partial charge in [0.25, 0.3) is 0 Å². The Morgan fingerprint density at radius 2 is 1.10 bits per heavy atom. The number of hydrogen-bond donors (Lipinski definition) is 0. The summed E-state index contributed by atoms with van der Waals surface area (Å²) in [6.07, 6.45) is 0. The molecule has 2 nitrogen and oxygen atoms in total. The molecule has 0 bridgehead atoms. The van der Waals surface area contributed by atoms with Crippen LogP contribution in [0, 0.1) is 0 Å². The summed E-state index contributed by atoms with van der Waals surface area (Å²) < 4.78 is 3.08. The zero-order valence-electron chi connectivity index (χ0n) is 21.0. The first-order valence-electron chi connectivity index (χ1n) is 13.1. The minimum atomic E-state index is -0.406. The minimum absolute atomic E-state index is 0.406. The van der Waals surface area contributed by atoms with Gasteiger partial charge in [-0.1, -0.05) is 6.07 Å². The van der Waals surface area contributed by atoms with Crippen LogP contribution >= 0.6 is 0 Å². The number of benzene rings is 6. The van der Waals surface area contributed by atoms with Crippen LogP contribution in [0.1, 0.15) is 0 Å². The van der Waals surface area contributed by atoms with Crippen LogP contribution in [0.5, 0.6) is 0 Å². The third kappa shape index (κ3) is 3.78. The molecule has 0 aliphatic carbocycles. The molecule has 0 saturated carbocycles. The first-order chi connectivity index (χ1) is 19.3. The van der Waals surface area contributed by atoms with Gasteiger partial charge < -0.3 is 0 Å². The maximum absolute atomic E-state index is 5.28. The number of aromatic nitrogens is 2. The van der Waals surface area contributed by atoms with Gasteiger partial charge in [-0.15, -0.1) is 0 Å². The van der Waals surface area contributed by atoms with Gasteiger partial charge in [0.05, 0.1) is 0 Å². The van der Waals surface area contributed by atoms with Crippen molar-refractivity contribution in [1.29, 1.82) is 0 Å². The van der Waals surface area contributed by atoms with Crippen LogP contribution in [0.3, 0.4) is 0 Å². The molecule has 0 spiro atoms. The Labute approximate surface area is 235 Å². The van der Waals surface area contributed by atoms with E-state index in [1.807, 2.05) is 6.07 Å². The predicted molar refractivity (Wildman–Crippen MR) is 165 cm³/mol. The molecule has 6 aromatic carbocycles. The van der Waals surface area contributed by atoms with E-state index in [1.165, 1.54) is 30.7 Å². The summed E-state index contributed by atoms with van der Waals surface area (Å²) in [4.78, 5) is 10.4. The van der Waals surface area contributed by atoms with Crippen LogP contribution in [0.15, 0.2) is 133 Å². The Morgan fingerprint density at radius 1 is 0.436 bits per heavy atom. The Balaban J connectivity index is 1.32. The SMILES string of the molecule is c1ccc(-c2nc3ccc4ccccc4c3nc2-c2ccc(-c3cccc4c3[te]c3ccccc34)cc2)cc1. The van der Waals surface area contributed by atoms with Gasteiger partial charge in [-0.05, 0) is 0 Å². The van der Waals surface area contributed by atoms with Gasteiger partial charge in [-0.25, -0.2) is 0 Å². The molecule has 0 radical (unpaired) electrons. The van der Waals surface area contributed by atoms with Gasteiger partial charge in [0, 0.05) is 0 Å². The van der Waals surface area contributed by atoms with E-state index in [-0.39, 0.29) is 0 Å². The maximum atomic E-state index is 5.28. The van der Waals surface area contributed by atoms with Gasteiger partial charge in [0.15, 0.2) is 0 Å². The van der Waals surface area contributed by atoms with E-state index in [0.717, 1.165) is 38.9 Å². The zero-order valence-corrected chi connectivity index (χ0v) is 23.3. The summed E-state index contributed by atoms with van der Waals surface area (Å²) in [5, 5.41) is 5.13. The van der Waals surface area contributed by atoms with Crippen molar-refractivity contribution in [3.8, 4) is 33.6 Å². The van der Waals surface area contributed by atoms with Crippen LogP contribution in [0.2, 0.25) is 0 Å². The number of nitrogens with zero attached hydrogens (tertiary/aromatic N) is 2. The van der Waals surface area contributed by atoms with Gasteiger partial charge in [-0.3, -0.25) is 0 Å². The fourth-order valence-corrected chi connectivity index (χ4v) is 9.10. The summed E-state index contributed by atoms with van der Waals surface area (Å²) in [5.74, 6) is 0. The van der Waals surface area contributed by atoms with Crippen molar-refractivity contribution in [3.05, 3.63) is 133 Å². The number of fused-ring (bicyclic) bond motifs is 6. The molecule has 0 N–H and O–H groups in total. The van der Waals surface area contributed by atoms with E-state index in [9.17, 15) is 0 Å². The van der Waals surface area contributed by atoms with Crippen molar-refractivity contribution < 1.29 is 0 Å². The summed E-state index contributed by atoms with van der Waals surface area (Å²) >= 11 is -0.406. The third-order valence-electron chi connectivity index (χ3n) is 7.48. The second-order valence-corrected chi connectivity index (χ2v) is 12.8. The van der Waals surface area contributed by atoms with Gasteiger partial charge in [-0.2, -0.15) is 0 Å². The van der Waals surface area contributed by atoms with Crippen molar-refractivity contribution in [1.82, 2.24) is 9.97 Å². The molecule has 0 aliphatic rings. The summed E-state index contributed by atoms with van der Waals surface area (Å²) in [7, 11) is 0. The Morgan fingerprint density at radius 3 is 1.97 bits per heavy atom. The molecule has 2 heterocycles. The third-order valence-corrected chi connectivity index (χ3v) is 11.0. The van der Waals surface area contributed by atoms with E-state index < -0.39 is 20.4 Å². The Hall–Kier alpha value is -4.29. The second-order valence-electron chi connectivity index (χ2n) is 9.80. The quantitative estimate of drug-likeness (QED) is 0.147. The molecule has 0 fully saturated rings. The molecule has 0 aliphatic heterocycles. The fraction of sp³-hybridized carbons (Fsp3) is 0. The molecule has 0 atom stereocenters. The predicted octanol–water partition coefficient (Wildman–Crippen LogP) is 9.15. The van der Waals surface area contributed by atoms with Crippen molar-refractivity contribution >= 4 is 59.8 Å². The van der Waals surface area contributed by atoms with Crippen LogP contribution in [-0.4, -0.2) is 30.4 Å². The molecule has 2 aromatic heterocycles. The molecular weight excluding hydrogens is 588 g/mol. The van der Waals surface area contributed by atoms with E-state index in [1.54, 1.807) is 3.40 Å². The van der Waals surface area contributed by atoms with Gasteiger partial charge >= 0.3 is 231 Å². The first kappa shape index (κ1) is 22.7. The Bertz CT molecular complexity index is 2160. The normalized spacial score (nSPS) is 11.6. The van der Waals surface area contributed by atoms with E-state index in [0.29, 0.717) is 0 Å². The fourth-order valence-electron chi connectivity index (χ4n) is 5.57. The molecule has 0 saturated heterocycles. The average molecular weight is 610 g/mol. The molecule has 8 rings (SSSR count). The summed E-state index contributed by atoms with van der Waals surface area (Å²) in [5.41, 5.74) is 8.44. The zero-order chi connectivity index (χ0) is 25.8. The van der Waals surface area contributed by atoms with Crippen molar-refractivity contribution in [2.75, 3.05) is 0 Å². The first-order valence-corrected chi connectivity index (χ1v) is 15.4. The number of rotatable bonds is 3. The summed E-state index contributed by atoms with van der Waals surface area (Å²) in [6.45, 7) is 0. The van der Waals surface area contributed by atoms with Crippen LogP contribution in [-0.2, 0) is 0 Å². The van der Waals surface area contributed by atoms with Crippen molar-refractivity contribution in [2.45, 2.75) is 0 Å². The van der Waals surface area contributed by atoms with Crippen molar-refractivity contribution in [2.24, 2.45) is 0 Å². The van der Waals surface area contributed by atoms with E-state index in [4.69, 9.17) is 9.97 Å².